The van der Waals surface area contributed by atoms with Crippen molar-refractivity contribution in [2.24, 2.45) is 0 Å². The molecule has 4 rings (SSSR count). The summed E-state index contributed by atoms with van der Waals surface area (Å²) in [7, 11) is 1.64. The lowest BCUT2D eigenvalue weighted by Crippen LogP contribution is -2.46. The Balaban J connectivity index is 1.35. The van der Waals surface area contributed by atoms with Crippen molar-refractivity contribution in [1.82, 2.24) is 19.7 Å². The largest absolute Gasteiger partial charge is 0.493 e. The van der Waals surface area contributed by atoms with Crippen LogP contribution in [-0.2, 0) is 0 Å². The molecule has 0 spiro atoms. The second kappa shape index (κ2) is 9.73. The van der Waals surface area contributed by atoms with Crippen LogP contribution in [0.5, 0.6) is 5.75 Å². The van der Waals surface area contributed by atoms with Gasteiger partial charge in [-0.3, -0.25) is 4.90 Å². The van der Waals surface area contributed by atoms with Crippen molar-refractivity contribution < 1.29 is 4.74 Å². The Labute approximate surface area is 192 Å². The number of methoxy groups -OCH3 is 1. The van der Waals surface area contributed by atoms with Gasteiger partial charge in [0, 0.05) is 60.2 Å². The predicted molar refractivity (Wildman–Crippen MR) is 127 cm³/mol. The van der Waals surface area contributed by atoms with Crippen LogP contribution >= 0.6 is 23.2 Å². The van der Waals surface area contributed by atoms with Gasteiger partial charge >= 0.3 is 0 Å². The van der Waals surface area contributed by atoms with Gasteiger partial charge in [-0.15, -0.1) is 0 Å². The molecule has 0 radical (unpaired) electrons. The molecule has 8 heteroatoms. The lowest BCUT2D eigenvalue weighted by atomic mass is 10.2. The summed E-state index contributed by atoms with van der Waals surface area (Å²) in [5.41, 5.74) is 3.18. The number of hydrogen-bond donors (Lipinski definition) is 0. The highest BCUT2D eigenvalue weighted by Gasteiger charge is 2.17. The quantitative estimate of drug-likeness (QED) is 0.535. The molecule has 0 N–H and O–H groups in total. The topological polar surface area (TPSA) is 46.4 Å². The molecule has 2 aromatic heterocycles. The third-order valence-electron chi connectivity index (χ3n) is 5.46. The van der Waals surface area contributed by atoms with Gasteiger partial charge in [0.15, 0.2) is 11.6 Å². The molecule has 6 nitrogen and oxygen atoms in total. The fraction of sp³-hybridized carbons (Fsp3) is 0.304. The molecule has 1 aromatic carbocycles. The Bertz CT molecular complexity index is 1050. The van der Waals surface area contributed by atoms with Gasteiger partial charge in [-0.1, -0.05) is 35.4 Å². The maximum absolute atomic E-state index is 6.15. The average molecular weight is 458 g/mol. The minimum absolute atomic E-state index is 0.673. The molecule has 162 valence electrons. The number of piperazine rings is 1. The summed E-state index contributed by atoms with van der Waals surface area (Å²) in [5.74, 6) is 1.39. The highest BCUT2D eigenvalue weighted by molar-refractivity contribution is 6.35. The van der Waals surface area contributed by atoms with E-state index >= 15 is 0 Å². The van der Waals surface area contributed by atoms with E-state index < -0.39 is 0 Å². The van der Waals surface area contributed by atoms with E-state index in [9.17, 15) is 0 Å². The van der Waals surface area contributed by atoms with Gasteiger partial charge in [-0.2, -0.15) is 5.10 Å². The summed E-state index contributed by atoms with van der Waals surface area (Å²) >= 11 is 12.3. The Morgan fingerprint density at radius 2 is 1.84 bits per heavy atom. The Morgan fingerprint density at radius 3 is 2.55 bits per heavy atom. The summed E-state index contributed by atoms with van der Waals surface area (Å²) in [6.07, 6.45) is 7.92. The first kappa shape index (κ1) is 21.7. The lowest BCUT2D eigenvalue weighted by molar-refractivity contribution is 0.284. The van der Waals surface area contributed by atoms with Crippen LogP contribution in [0.25, 0.3) is 11.9 Å². The number of anilines is 1. The molecule has 1 aliphatic heterocycles. The molecule has 1 fully saturated rings. The van der Waals surface area contributed by atoms with Gasteiger partial charge in [-0.05, 0) is 37.3 Å². The number of aromatic nitrogens is 3. The monoisotopic (exact) mass is 457 g/mol. The van der Waals surface area contributed by atoms with Gasteiger partial charge in [-0.25, -0.2) is 9.67 Å². The Kier molecular flexibility index (Phi) is 6.80. The van der Waals surface area contributed by atoms with Crippen molar-refractivity contribution in [1.29, 1.82) is 0 Å². The van der Waals surface area contributed by atoms with Crippen molar-refractivity contribution in [2.75, 3.05) is 44.7 Å². The molecule has 0 unspecified atom stereocenters. The summed E-state index contributed by atoms with van der Waals surface area (Å²) in [4.78, 5) is 9.17. The number of rotatable bonds is 6. The first-order valence-electron chi connectivity index (χ1n) is 10.2. The van der Waals surface area contributed by atoms with Crippen LogP contribution in [-0.4, -0.2) is 59.5 Å². The minimum atomic E-state index is 0.673. The van der Waals surface area contributed by atoms with Gasteiger partial charge in [0.25, 0.3) is 0 Å². The molecular formula is C23H25Cl2N5O. The lowest BCUT2D eigenvalue weighted by Gasteiger charge is -2.35. The summed E-state index contributed by atoms with van der Waals surface area (Å²) in [6, 6.07) is 9.44. The van der Waals surface area contributed by atoms with Gasteiger partial charge in [0.2, 0.25) is 0 Å². The predicted octanol–water partition coefficient (Wildman–Crippen LogP) is 4.73. The summed E-state index contributed by atoms with van der Waals surface area (Å²) < 4.78 is 7.22. The number of pyridine rings is 1. The molecule has 3 heterocycles. The Morgan fingerprint density at radius 1 is 1.10 bits per heavy atom. The zero-order valence-corrected chi connectivity index (χ0v) is 19.1. The van der Waals surface area contributed by atoms with Gasteiger partial charge in [0.1, 0.15) is 0 Å². The average Bonchev–Trinajstić information content (AvgIpc) is 3.13. The summed E-state index contributed by atoms with van der Waals surface area (Å²) in [5, 5.41) is 5.85. The molecule has 1 aliphatic rings. The van der Waals surface area contributed by atoms with Crippen LogP contribution in [0.3, 0.4) is 0 Å². The van der Waals surface area contributed by atoms with Gasteiger partial charge in [0.05, 0.1) is 19.0 Å². The van der Waals surface area contributed by atoms with Gasteiger partial charge < -0.3 is 9.64 Å². The number of ether oxygens (including phenoxy) is 1. The number of hydrogen-bond acceptors (Lipinski definition) is 5. The Hall–Kier alpha value is -2.54. The zero-order chi connectivity index (χ0) is 21.8. The van der Waals surface area contributed by atoms with E-state index in [0.717, 1.165) is 49.7 Å². The van der Waals surface area contributed by atoms with Crippen molar-refractivity contribution in [3.8, 4) is 11.6 Å². The molecule has 0 atom stereocenters. The fourth-order valence-corrected chi connectivity index (χ4v) is 4.25. The van der Waals surface area contributed by atoms with Crippen molar-refractivity contribution in [2.45, 2.75) is 6.92 Å². The third kappa shape index (κ3) is 5.03. The molecule has 0 amide bonds. The number of halogens is 2. The second-order valence-electron chi connectivity index (χ2n) is 7.44. The second-order valence-corrected chi connectivity index (χ2v) is 8.32. The molecule has 0 bridgehead atoms. The highest BCUT2D eigenvalue weighted by Crippen LogP contribution is 2.26. The van der Waals surface area contributed by atoms with Crippen LogP contribution in [0.1, 0.15) is 11.3 Å². The van der Waals surface area contributed by atoms with Crippen LogP contribution in [0, 0.1) is 6.92 Å². The smallest absolute Gasteiger partial charge is 0.196 e. The van der Waals surface area contributed by atoms with Crippen LogP contribution in [0.15, 0.2) is 48.8 Å². The zero-order valence-electron chi connectivity index (χ0n) is 17.6. The van der Waals surface area contributed by atoms with Crippen LogP contribution in [0.4, 0.5) is 5.69 Å². The van der Waals surface area contributed by atoms with E-state index in [-0.39, 0.29) is 0 Å². The van der Waals surface area contributed by atoms with E-state index in [4.69, 9.17) is 27.9 Å². The number of nitrogens with zero attached hydrogens (tertiary/aromatic N) is 5. The third-order valence-corrected chi connectivity index (χ3v) is 5.90. The van der Waals surface area contributed by atoms with Crippen molar-refractivity contribution in [3.63, 3.8) is 0 Å². The maximum atomic E-state index is 6.15. The molecule has 1 saturated heterocycles. The summed E-state index contributed by atoms with van der Waals surface area (Å²) in [6.45, 7) is 6.79. The number of benzene rings is 1. The maximum Gasteiger partial charge on any atom is 0.196 e. The van der Waals surface area contributed by atoms with E-state index in [1.807, 2.05) is 42.1 Å². The molecule has 0 saturated carbocycles. The van der Waals surface area contributed by atoms with Crippen LogP contribution in [0.2, 0.25) is 10.0 Å². The fourth-order valence-electron chi connectivity index (χ4n) is 3.74. The normalized spacial score (nSPS) is 15.0. The SMILES string of the molecule is COc1cccnc1-n1ncc(C=CCN2CCN(c3cc(Cl)cc(Cl)c3)CC2)c1C. The van der Waals surface area contributed by atoms with Crippen LogP contribution < -0.4 is 9.64 Å². The van der Waals surface area contributed by atoms with Crippen molar-refractivity contribution in [3.05, 3.63) is 70.1 Å². The molecule has 31 heavy (non-hydrogen) atoms. The molecule has 0 aliphatic carbocycles. The first-order chi connectivity index (χ1) is 15.0. The van der Waals surface area contributed by atoms with E-state index in [0.29, 0.717) is 21.6 Å². The van der Waals surface area contributed by atoms with E-state index in [1.165, 1.54) is 0 Å². The molecule has 3 aromatic rings. The van der Waals surface area contributed by atoms with E-state index in [1.54, 1.807) is 19.4 Å². The van der Waals surface area contributed by atoms with E-state index in [2.05, 4.69) is 32.0 Å². The standard InChI is InChI=1S/C23H25Cl2N5O/c1-17-18(16-27-30(17)23-22(31-2)6-3-7-26-23)5-4-8-28-9-11-29(12-10-28)21-14-19(24)13-20(25)15-21/h3-7,13-16H,8-12H2,1-2H3. The molecular weight excluding hydrogens is 433 g/mol. The highest BCUT2D eigenvalue weighted by atomic mass is 35.5. The first-order valence-corrected chi connectivity index (χ1v) is 10.9. The van der Waals surface area contributed by atoms with Crippen molar-refractivity contribution >= 4 is 35.0 Å². The minimum Gasteiger partial charge on any atom is -0.493 e.